The molecule has 0 unspecified atom stereocenters. The van der Waals surface area contributed by atoms with Crippen LogP contribution in [0.1, 0.15) is 18.1 Å². The van der Waals surface area contributed by atoms with Crippen LogP contribution in [0, 0.1) is 0 Å². The summed E-state index contributed by atoms with van der Waals surface area (Å²) in [5, 5.41) is 12.1. The topological polar surface area (TPSA) is 114 Å². The van der Waals surface area contributed by atoms with Gasteiger partial charge in [0, 0.05) is 25.7 Å². The lowest BCUT2D eigenvalue weighted by Crippen LogP contribution is -2.33. The lowest BCUT2D eigenvalue weighted by Gasteiger charge is -2.17. The highest BCUT2D eigenvalue weighted by Gasteiger charge is 2.32. The van der Waals surface area contributed by atoms with Crippen LogP contribution in [0.25, 0.3) is 0 Å². The van der Waals surface area contributed by atoms with Crippen molar-refractivity contribution in [1.29, 1.82) is 0 Å². The van der Waals surface area contributed by atoms with E-state index in [-0.39, 0.29) is 18.1 Å². The average molecular weight is 402 g/mol. The molecule has 0 spiro atoms. The molecular formula is C18H22N6O3S. The van der Waals surface area contributed by atoms with Crippen molar-refractivity contribution in [3.05, 3.63) is 29.3 Å². The fraction of sp³-hybridized carbons (Fsp3) is 0.444. The first-order chi connectivity index (χ1) is 13.5. The zero-order valence-electron chi connectivity index (χ0n) is 15.6. The molecule has 3 N–H and O–H groups in total. The summed E-state index contributed by atoms with van der Waals surface area (Å²) in [6.07, 6.45) is 1.02. The summed E-state index contributed by atoms with van der Waals surface area (Å²) >= 11 is 1.40. The molecule has 0 aliphatic carbocycles. The Hall–Kier alpha value is -2.88. The summed E-state index contributed by atoms with van der Waals surface area (Å²) in [5.41, 5.74) is 9.02. The molecule has 1 aromatic carbocycles. The molecule has 1 fully saturated rings. The second-order valence-electron chi connectivity index (χ2n) is 6.92. The molecule has 148 valence electrons. The number of nitrogens with zero attached hydrogens (tertiary/aromatic N) is 4. The van der Waals surface area contributed by atoms with Gasteiger partial charge in [-0.25, -0.2) is 4.79 Å². The predicted octanol–water partition coefficient (Wildman–Crippen LogP) is 1.19. The highest BCUT2D eigenvalue weighted by atomic mass is 32.1. The Morgan fingerprint density at radius 2 is 2.11 bits per heavy atom. The number of ether oxygens (including phenoxy) is 1. The number of benzene rings is 1. The van der Waals surface area contributed by atoms with Gasteiger partial charge in [-0.3, -0.25) is 9.69 Å². The largest absolute Gasteiger partial charge is 0.442 e. The number of anilines is 3. The molecule has 0 radical (unpaired) electrons. The van der Waals surface area contributed by atoms with Crippen molar-refractivity contribution >= 4 is 39.3 Å². The van der Waals surface area contributed by atoms with E-state index in [1.807, 2.05) is 6.07 Å². The smallest absolute Gasteiger partial charge is 0.414 e. The first kappa shape index (κ1) is 18.5. The average Bonchev–Trinajstić information content (AvgIpc) is 3.19. The number of nitrogens with two attached hydrogens (primary N) is 1. The second-order valence-corrected chi connectivity index (χ2v) is 7.90. The number of amides is 2. The van der Waals surface area contributed by atoms with Crippen LogP contribution in [0.3, 0.4) is 0 Å². The number of carbonyl (C=O) groups excluding carboxylic acids is 2. The Labute approximate surface area is 166 Å². The van der Waals surface area contributed by atoms with E-state index < -0.39 is 0 Å². The number of fused-ring (bicyclic) bond motifs is 1. The van der Waals surface area contributed by atoms with Gasteiger partial charge < -0.3 is 20.7 Å². The van der Waals surface area contributed by atoms with Gasteiger partial charge in [0.05, 0.1) is 13.1 Å². The third kappa shape index (κ3) is 3.86. The summed E-state index contributed by atoms with van der Waals surface area (Å²) in [4.78, 5) is 27.2. The first-order valence-electron chi connectivity index (χ1n) is 9.18. The van der Waals surface area contributed by atoms with E-state index >= 15 is 0 Å². The fourth-order valence-corrected chi connectivity index (χ4v) is 4.18. The van der Waals surface area contributed by atoms with Gasteiger partial charge in [-0.05, 0) is 36.1 Å². The van der Waals surface area contributed by atoms with E-state index in [1.165, 1.54) is 29.4 Å². The molecule has 1 saturated heterocycles. The van der Waals surface area contributed by atoms with Crippen LogP contribution in [-0.2, 0) is 22.4 Å². The Morgan fingerprint density at radius 3 is 2.82 bits per heavy atom. The molecule has 4 rings (SSSR count). The van der Waals surface area contributed by atoms with Gasteiger partial charge in [0.25, 0.3) is 0 Å². The van der Waals surface area contributed by atoms with Gasteiger partial charge in [0.2, 0.25) is 16.2 Å². The maximum Gasteiger partial charge on any atom is 0.414 e. The van der Waals surface area contributed by atoms with E-state index in [2.05, 4.69) is 32.5 Å². The van der Waals surface area contributed by atoms with Gasteiger partial charge in [-0.1, -0.05) is 17.4 Å². The summed E-state index contributed by atoms with van der Waals surface area (Å²) in [6, 6.07) is 6.10. The van der Waals surface area contributed by atoms with E-state index in [1.54, 1.807) is 4.90 Å². The van der Waals surface area contributed by atoms with Gasteiger partial charge >= 0.3 is 6.09 Å². The van der Waals surface area contributed by atoms with Crippen molar-refractivity contribution < 1.29 is 14.3 Å². The van der Waals surface area contributed by atoms with Crippen LogP contribution in [0.5, 0.6) is 0 Å². The summed E-state index contributed by atoms with van der Waals surface area (Å²) in [6.45, 7) is 3.86. The van der Waals surface area contributed by atoms with Crippen LogP contribution < -0.4 is 20.9 Å². The summed E-state index contributed by atoms with van der Waals surface area (Å²) in [7, 11) is 0. The Morgan fingerprint density at radius 1 is 1.32 bits per heavy atom. The summed E-state index contributed by atoms with van der Waals surface area (Å²) in [5.74, 6) is -0.138. The third-order valence-corrected chi connectivity index (χ3v) is 5.77. The SMILES string of the molecule is CC(=O)NC[C@H]1CN(c2ccc3c(c2)CCN(c2nnc(N)s2)CC3)C(=O)O1. The standard InChI is InChI=1S/C18H22N6O3S/c1-11(25)20-9-15-10-24(18(26)27-15)14-3-2-12-4-6-23(7-5-13(12)8-14)17-22-21-16(19)28-17/h2-3,8,15H,4-7,9-10H2,1H3,(H2,19,21)(H,20,25)/t15-/m0/s1. The monoisotopic (exact) mass is 402 g/mol. The first-order valence-corrected chi connectivity index (χ1v) is 9.99. The maximum atomic E-state index is 12.3. The van der Waals surface area contributed by atoms with Gasteiger partial charge in [-0.15, -0.1) is 10.2 Å². The van der Waals surface area contributed by atoms with Crippen LogP contribution in [0.2, 0.25) is 0 Å². The Balaban J connectivity index is 1.46. The molecule has 2 aliphatic heterocycles. The molecule has 9 nitrogen and oxygen atoms in total. The van der Waals surface area contributed by atoms with Gasteiger partial charge in [-0.2, -0.15) is 0 Å². The van der Waals surface area contributed by atoms with Crippen LogP contribution in [-0.4, -0.2) is 54.5 Å². The molecule has 2 aliphatic rings. The van der Waals surface area contributed by atoms with Gasteiger partial charge in [0.1, 0.15) is 6.10 Å². The number of cyclic esters (lactones) is 1. The molecule has 2 amide bonds. The van der Waals surface area contributed by atoms with Crippen molar-refractivity contribution in [3.63, 3.8) is 0 Å². The molecule has 0 bridgehead atoms. The highest BCUT2D eigenvalue weighted by Crippen LogP contribution is 2.29. The van der Waals surface area contributed by atoms with Crippen molar-refractivity contribution in [2.45, 2.75) is 25.9 Å². The van der Waals surface area contributed by atoms with Crippen LogP contribution in [0.4, 0.5) is 20.7 Å². The highest BCUT2D eigenvalue weighted by molar-refractivity contribution is 7.18. The van der Waals surface area contributed by atoms with Crippen molar-refractivity contribution in [2.75, 3.05) is 41.7 Å². The quantitative estimate of drug-likeness (QED) is 0.789. The minimum Gasteiger partial charge on any atom is -0.442 e. The molecule has 3 heterocycles. The van der Waals surface area contributed by atoms with Crippen molar-refractivity contribution in [1.82, 2.24) is 15.5 Å². The summed E-state index contributed by atoms with van der Waals surface area (Å²) < 4.78 is 5.36. The molecule has 0 saturated carbocycles. The second kappa shape index (κ2) is 7.63. The normalized spacial score (nSPS) is 19.2. The third-order valence-electron chi connectivity index (χ3n) is 4.96. The number of rotatable bonds is 4. The molecule has 2 aromatic rings. The molecular weight excluding hydrogens is 380 g/mol. The molecule has 28 heavy (non-hydrogen) atoms. The van der Waals surface area contributed by atoms with Crippen LogP contribution in [0.15, 0.2) is 18.2 Å². The van der Waals surface area contributed by atoms with E-state index in [4.69, 9.17) is 10.5 Å². The number of carbonyl (C=O) groups is 2. The maximum absolute atomic E-state index is 12.3. The zero-order valence-corrected chi connectivity index (χ0v) is 16.4. The van der Waals surface area contributed by atoms with E-state index in [9.17, 15) is 9.59 Å². The number of aromatic nitrogens is 2. The van der Waals surface area contributed by atoms with E-state index in [0.29, 0.717) is 18.2 Å². The van der Waals surface area contributed by atoms with Gasteiger partial charge in [0.15, 0.2) is 0 Å². The number of hydrogen-bond donors (Lipinski definition) is 2. The number of hydrogen-bond acceptors (Lipinski definition) is 8. The number of nitrogen functional groups attached to an aromatic ring is 1. The minimum absolute atomic E-state index is 0.138. The van der Waals surface area contributed by atoms with Crippen molar-refractivity contribution in [2.24, 2.45) is 0 Å². The fourth-order valence-electron chi connectivity index (χ4n) is 3.52. The van der Waals surface area contributed by atoms with E-state index in [0.717, 1.165) is 36.8 Å². The Bertz CT molecular complexity index is 901. The van der Waals surface area contributed by atoms with Crippen molar-refractivity contribution in [3.8, 4) is 0 Å². The lowest BCUT2D eigenvalue weighted by atomic mass is 10.0. The number of nitrogens with one attached hydrogen (secondary N) is 1. The van der Waals surface area contributed by atoms with Crippen LogP contribution >= 0.6 is 11.3 Å². The lowest BCUT2D eigenvalue weighted by molar-refractivity contribution is -0.119. The molecule has 10 heteroatoms. The zero-order chi connectivity index (χ0) is 19.7. The minimum atomic E-state index is -0.380. The molecule has 1 atom stereocenters. The molecule has 1 aromatic heterocycles. The predicted molar refractivity (Wildman–Crippen MR) is 107 cm³/mol. The Kier molecular flexibility index (Phi) is 5.03.